The molecule has 0 aliphatic carbocycles. The minimum absolute atomic E-state index is 0.108. The number of nitriles is 1. The van der Waals surface area contributed by atoms with Crippen LogP contribution in [-0.2, 0) is 0 Å². The third kappa shape index (κ3) is 1.72. The lowest BCUT2D eigenvalue weighted by atomic mass is 10.2. The van der Waals surface area contributed by atoms with E-state index in [-0.39, 0.29) is 5.56 Å². The highest BCUT2D eigenvalue weighted by atomic mass is 32.2. The molecule has 0 heterocycles. The molecule has 0 aliphatic rings. The van der Waals surface area contributed by atoms with Crippen LogP contribution in [0.25, 0.3) is 0 Å². The van der Waals surface area contributed by atoms with E-state index in [2.05, 4.69) is 0 Å². The van der Waals surface area contributed by atoms with E-state index in [0.717, 1.165) is 4.90 Å². The fourth-order valence-electron chi connectivity index (χ4n) is 0.717. The summed E-state index contributed by atoms with van der Waals surface area (Å²) in [5.41, 5.74) is 0.108. The molecule has 0 aromatic heterocycles. The topological polar surface area (TPSA) is 23.8 Å². The molecule has 1 nitrogen and oxygen atoms in total. The van der Waals surface area contributed by atoms with Crippen LogP contribution in [0.4, 0.5) is 4.39 Å². The summed E-state index contributed by atoms with van der Waals surface area (Å²) in [6.07, 6.45) is 1.88. The van der Waals surface area contributed by atoms with Crippen LogP contribution in [0.15, 0.2) is 23.1 Å². The average molecular weight is 167 g/mol. The first-order valence-electron chi connectivity index (χ1n) is 3.01. The molecule has 0 saturated carbocycles. The highest BCUT2D eigenvalue weighted by Gasteiger charge is 2.00. The molecule has 0 atom stereocenters. The molecule has 1 aromatic carbocycles. The van der Waals surface area contributed by atoms with Crippen molar-refractivity contribution in [2.75, 3.05) is 6.26 Å². The highest BCUT2D eigenvalue weighted by molar-refractivity contribution is 7.98. The lowest BCUT2D eigenvalue weighted by Crippen LogP contribution is -1.82. The molecular formula is C8H6FNS. The Hall–Kier alpha value is -1.01. The van der Waals surface area contributed by atoms with E-state index in [4.69, 9.17) is 5.26 Å². The van der Waals surface area contributed by atoms with Crippen molar-refractivity contribution in [3.8, 4) is 6.07 Å². The van der Waals surface area contributed by atoms with Crippen molar-refractivity contribution in [1.82, 2.24) is 0 Å². The molecule has 0 aliphatic heterocycles. The van der Waals surface area contributed by atoms with Gasteiger partial charge in [0, 0.05) is 4.90 Å². The summed E-state index contributed by atoms with van der Waals surface area (Å²) in [7, 11) is 0. The summed E-state index contributed by atoms with van der Waals surface area (Å²) >= 11 is 1.49. The molecule has 0 radical (unpaired) electrons. The smallest absolute Gasteiger partial charge is 0.141 e. The van der Waals surface area contributed by atoms with E-state index in [1.165, 1.54) is 17.8 Å². The van der Waals surface area contributed by atoms with Gasteiger partial charge in [-0.1, -0.05) is 0 Å². The second-order valence-corrected chi connectivity index (χ2v) is 2.84. The van der Waals surface area contributed by atoms with Crippen LogP contribution in [0.3, 0.4) is 0 Å². The van der Waals surface area contributed by atoms with Crippen molar-refractivity contribution in [3.05, 3.63) is 29.6 Å². The zero-order valence-corrected chi connectivity index (χ0v) is 6.78. The number of nitrogens with zero attached hydrogens (tertiary/aromatic N) is 1. The summed E-state index contributed by atoms with van der Waals surface area (Å²) in [5, 5.41) is 8.44. The van der Waals surface area contributed by atoms with Gasteiger partial charge in [-0.2, -0.15) is 5.26 Å². The summed E-state index contributed by atoms with van der Waals surface area (Å²) in [6.45, 7) is 0. The fourth-order valence-corrected chi connectivity index (χ4v) is 1.16. The molecule has 0 saturated heterocycles. The number of halogens is 1. The Kier molecular flexibility index (Phi) is 2.50. The largest absolute Gasteiger partial charge is 0.206 e. The molecule has 11 heavy (non-hydrogen) atoms. The molecule has 3 heteroatoms. The number of hydrogen-bond donors (Lipinski definition) is 0. The Labute approximate surface area is 68.8 Å². The standard InChI is InChI=1S/C8H6FNS/c1-11-7-2-3-8(9)6(4-7)5-10/h2-4H,1H3. The summed E-state index contributed by atoms with van der Waals surface area (Å²) in [4.78, 5) is 0.906. The molecule has 0 N–H and O–H groups in total. The van der Waals surface area contributed by atoms with Gasteiger partial charge in [-0.25, -0.2) is 4.39 Å². The van der Waals surface area contributed by atoms with Gasteiger partial charge in [-0.3, -0.25) is 0 Å². The summed E-state index contributed by atoms with van der Waals surface area (Å²) in [6, 6.07) is 6.29. The first kappa shape index (κ1) is 8.09. The summed E-state index contributed by atoms with van der Waals surface area (Å²) in [5.74, 6) is -0.453. The van der Waals surface area contributed by atoms with Crippen LogP contribution >= 0.6 is 11.8 Å². The normalized spacial score (nSPS) is 9.18. The zero-order chi connectivity index (χ0) is 8.27. The average Bonchev–Trinajstić information content (AvgIpc) is 2.05. The van der Waals surface area contributed by atoms with Crippen LogP contribution in [0.1, 0.15) is 5.56 Å². The van der Waals surface area contributed by atoms with Gasteiger partial charge < -0.3 is 0 Å². The van der Waals surface area contributed by atoms with Crippen molar-refractivity contribution in [2.24, 2.45) is 0 Å². The van der Waals surface area contributed by atoms with Gasteiger partial charge in [0.1, 0.15) is 11.9 Å². The number of rotatable bonds is 1. The van der Waals surface area contributed by atoms with E-state index in [9.17, 15) is 4.39 Å². The third-order valence-electron chi connectivity index (χ3n) is 1.29. The lowest BCUT2D eigenvalue weighted by Gasteiger charge is -1.96. The van der Waals surface area contributed by atoms with Crippen LogP contribution in [0.5, 0.6) is 0 Å². The minimum Gasteiger partial charge on any atom is -0.206 e. The monoisotopic (exact) mass is 167 g/mol. The first-order chi connectivity index (χ1) is 5.27. The maximum atomic E-state index is 12.7. The molecule has 0 bridgehead atoms. The van der Waals surface area contributed by atoms with Gasteiger partial charge in [0.2, 0.25) is 0 Å². The summed E-state index contributed by atoms with van der Waals surface area (Å²) < 4.78 is 12.7. The maximum absolute atomic E-state index is 12.7. The van der Waals surface area contributed by atoms with Gasteiger partial charge in [-0.15, -0.1) is 11.8 Å². The number of thioether (sulfide) groups is 1. The number of hydrogen-bond acceptors (Lipinski definition) is 2. The molecule has 0 unspecified atom stereocenters. The molecular weight excluding hydrogens is 161 g/mol. The third-order valence-corrected chi connectivity index (χ3v) is 2.02. The van der Waals surface area contributed by atoms with E-state index in [1.54, 1.807) is 18.2 Å². The van der Waals surface area contributed by atoms with Gasteiger partial charge in [0.05, 0.1) is 5.56 Å². The molecule has 0 fully saturated rings. The molecule has 1 aromatic rings. The van der Waals surface area contributed by atoms with Crippen molar-refractivity contribution < 1.29 is 4.39 Å². The predicted octanol–water partition coefficient (Wildman–Crippen LogP) is 2.42. The molecule has 1 rings (SSSR count). The molecule has 0 spiro atoms. The van der Waals surface area contributed by atoms with Gasteiger partial charge in [0.25, 0.3) is 0 Å². The minimum atomic E-state index is -0.453. The van der Waals surface area contributed by atoms with Crippen LogP contribution in [0.2, 0.25) is 0 Å². The first-order valence-corrected chi connectivity index (χ1v) is 4.24. The Balaban J connectivity index is 3.15. The number of benzene rings is 1. The van der Waals surface area contributed by atoms with Crippen LogP contribution in [0, 0.1) is 17.1 Å². The Morgan fingerprint density at radius 1 is 1.55 bits per heavy atom. The van der Waals surface area contributed by atoms with Crippen molar-refractivity contribution >= 4 is 11.8 Å². The van der Waals surface area contributed by atoms with Gasteiger partial charge >= 0.3 is 0 Å². The Morgan fingerprint density at radius 3 is 2.82 bits per heavy atom. The second-order valence-electron chi connectivity index (χ2n) is 1.96. The SMILES string of the molecule is CSc1ccc(F)c(C#N)c1. The van der Waals surface area contributed by atoms with Crippen molar-refractivity contribution in [3.63, 3.8) is 0 Å². The fraction of sp³-hybridized carbons (Fsp3) is 0.125. The van der Waals surface area contributed by atoms with Crippen molar-refractivity contribution in [1.29, 1.82) is 5.26 Å². The second kappa shape index (κ2) is 3.40. The molecule has 0 amide bonds. The lowest BCUT2D eigenvalue weighted by molar-refractivity contribution is 0.622. The quantitative estimate of drug-likeness (QED) is 0.600. The highest BCUT2D eigenvalue weighted by Crippen LogP contribution is 2.17. The Morgan fingerprint density at radius 2 is 2.27 bits per heavy atom. The van der Waals surface area contributed by atoms with E-state index < -0.39 is 5.82 Å². The maximum Gasteiger partial charge on any atom is 0.141 e. The van der Waals surface area contributed by atoms with Crippen molar-refractivity contribution in [2.45, 2.75) is 4.90 Å². The van der Waals surface area contributed by atoms with E-state index in [0.29, 0.717) is 0 Å². The van der Waals surface area contributed by atoms with Crippen LogP contribution < -0.4 is 0 Å². The zero-order valence-electron chi connectivity index (χ0n) is 5.97. The van der Waals surface area contributed by atoms with Gasteiger partial charge in [0.15, 0.2) is 0 Å². The predicted molar refractivity (Wildman–Crippen MR) is 42.9 cm³/mol. The Bertz CT molecular complexity index is 303. The van der Waals surface area contributed by atoms with E-state index >= 15 is 0 Å². The van der Waals surface area contributed by atoms with Crippen LogP contribution in [-0.4, -0.2) is 6.26 Å². The van der Waals surface area contributed by atoms with Gasteiger partial charge in [-0.05, 0) is 24.5 Å². The molecule has 56 valence electrons. The van der Waals surface area contributed by atoms with E-state index in [1.807, 2.05) is 6.26 Å².